The van der Waals surface area contributed by atoms with Crippen LogP contribution in [0.1, 0.15) is 32.1 Å². The van der Waals surface area contributed by atoms with Crippen molar-refractivity contribution >= 4 is 0 Å². The van der Waals surface area contributed by atoms with Crippen molar-refractivity contribution in [1.29, 1.82) is 0 Å². The summed E-state index contributed by atoms with van der Waals surface area (Å²) in [6.07, 6.45) is 10.4. The highest BCUT2D eigenvalue weighted by Crippen LogP contribution is 2.19. The van der Waals surface area contributed by atoms with Gasteiger partial charge in [0, 0.05) is 25.7 Å². The van der Waals surface area contributed by atoms with Gasteiger partial charge in [-0.15, -0.1) is 12.3 Å². The Hall–Kier alpha value is -0.520. The van der Waals surface area contributed by atoms with E-state index < -0.39 is 0 Å². The van der Waals surface area contributed by atoms with Crippen LogP contribution in [0.25, 0.3) is 0 Å². The summed E-state index contributed by atoms with van der Waals surface area (Å²) < 4.78 is 5.30. The highest BCUT2D eigenvalue weighted by atomic mass is 16.5. The van der Waals surface area contributed by atoms with E-state index in [4.69, 9.17) is 16.9 Å². The van der Waals surface area contributed by atoms with E-state index >= 15 is 0 Å². The van der Waals surface area contributed by atoms with Gasteiger partial charge in [-0.3, -0.25) is 0 Å². The molecule has 2 unspecified atom stereocenters. The highest BCUT2D eigenvalue weighted by molar-refractivity contribution is 4.84. The van der Waals surface area contributed by atoms with Crippen LogP contribution in [-0.4, -0.2) is 19.3 Å². The molecule has 0 aromatic heterocycles. The van der Waals surface area contributed by atoms with E-state index in [-0.39, 0.29) is 0 Å². The molecule has 0 aromatic rings. The van der Waals surface area contributed by atoms with Gasteiger partial charge >= 0.3 is 0 Å². The molecular formula is C11H19NO. The zero-order valence-corrected chi connectivity index (χ0v) is 8.17. The van der Waals surface area contributed by atoms with Gasteiger partial charge in [-0.05, 0) is 31.6 Å². The lowest BCUT2D eigenvalue weighted by atomic mass is 9.96. The summed E-state index contributed by atoms with van der Waals surface area (Å²) in [7, 11) is 0. The maximum absolute atomic E-state index is 5.97. The minimum Gasteiger partial charge on any atom is -0.381 e. The van der Waals surface area contributed by atoms with Crippen LogP contribution < -0.4 is 5.73 Å². The molecule has 0 radical (unpaired) electrons. The molecule has 1 saturated heterocycles. The average molecular weight is 181 g/mol. The van der Waals surface area contributed by atoms with Crippen LogP contribution in [0.15, 0.2) is 0 Å². The van der Waals surface area contributed by atoms with E-state index in [1.54, 1.807) is 0 Å². The first-order valence-electron chi connectivity index (χ1n) is 5.09. The summed E-state index contributed by atoms with van der Waals surface area (Å²) in [5.74, 6) is 3.33. The third-order valence-corrected chi connectivity index (χ3v) is 2.56. The predicted molar refractivity (Wildman–Crippen MR) is 54.2 cm³/mol. The lowest BCUT2D eigenvalue weighted by Crippen LogP contribution is -2.23. The van der Waals surface area contributed by atoms with Gasteiger partial charge in [-0.25, -0.2) is 0 Å². The van der Waals surface area contributed by atoms with Crippen molar-refractivity contribution in [3.05, 3.63) is 0 Å². The van der Waals surface area contributed by atoms with Gasteiger partial charge in [-0.1, -0.05) is 0 Å². The molecule has 1 aliphatic heterocycles. The van der Waals surface area contributed by atoms with E-state index in [0.29, 0.717) is 12.0 Å². The molecule has 0 saturated carbocycles. The van der Waals surface area contributed by atoms with Gasteiger partial charge in [0.25, 0.3) is 0 Å². The van der Waals surface area contributed by atoms with E-state index in [1.165, 1.54) is 6.42 Å². The molecule has 2 heteroatoms. The summed E-state index contributed by atoms with van der Waals surface area (Å²) in [5.41, 5.74) is 5.97. The minimum absolute atomic E-state index is 0.319. The van der Waals surface area contributed by atoms with Crippen molar-refractivity contribution in [3.8, 4) is 12.3 Å². The first-order valence-corrected chi connectivity index (χ1v) is 5.09. The number of unbranched alkanes of at least 4 members (excludes halogenated alkanes) is 1. The number of hydrogen-bond acceptors (Lipinski definition) is 2. The van der Waals surface area contributed by atoms with Crippen LogP contribution in [0.2, 0.25) is 0 Å². The first kappa shape index (κ1) is 10.6. The Balaban J connectivity index is 2.03. The fourth-order valence-corrected chi connectivity index (χ4v) is 1.78. The molecule has 0 aliphatic carbocycles. The van der Waals surface area contributed by atoms with Crippen molar-refractivity contribution < 1.29 is 4.74 Å². The number of terminal acetylenes is 1. The van der Waals surface area contributed by atoms with Crippen LogP contribution in [0.3, 0.4) is 0 Å². The molecule has 1 aliphatic rings. The zero-order chi connectivity index (χ0) is 9.52. The zero-order valence-electron chi connectivity index (χ0n) is 8.17. The molecule has 0 aromatic carbocycles. The quantitative estimate of drug-likeness (QED) is 0.516. The third-order valence-electron chi connectivity index (χ3n) is 2.56. The molecule has 1 rings (SSSR count). The molecule has 1 fully saturated rings. The Labute approximate surface area is 80.8 Å². The topological polar surface area (TPSA) is 35.2 Å². The Morgan fingerprint density at radius 2 is 2.46 bits per heavy atom. The Kier molecular flexibility index (Phi) is 4.88. The fraction of sp³-hybridized carbons (Fsp3) is 0.818. The van der Waals surface area contributed by atoms with Crippen LogP contribution in [0, 0.1) is 18.3 Å². The lowest BCUT2D eigenvalue weighted by Gasteiger charge is -2.14. The average Bonchev–Trinajstić information content (AvgIpc) is 2.57. The van der Waals surface area contributed by atoms with Crippen LogP contribution in [0.4, 0.5) is 0 Å². The smallest absolute Gasteiger partial charge is 0.0495 e. The monoisotopic (exact) mass is 181 g/mol. The van der Waals surface area contributed by atoms with Crippen molar-refractivity contribution in [3.63, 3.8) is 0 Å². The van der Waals surface area contributed by atoms with Gasteiger partial charge in [0.2, 0.25) is 0 Å². The van der Waals surface area contributed by atoms with Gasteiger partial charge in [0.05, 0.1) is 0 Å². The van der Waals surface area contributed by atoms with Crippen LogP contribution in [0.5, 0.6) is 0 Å². The Morgan fingerprint density at radius 1 is 1.62 bits per heavy atom. The van der Waals surface area contributed by atoms with E-state index in [2.05, 4.69) is 5.92 Å². The minimum atomic E-state index is 0.319. The highest BCUT2D eigenvalue weighted by Gasteiger charge is 2.18. The van der Waals surface area contributed by atoms with Crippen molar-refractivity contribution in [2.45, 2.75) is 38.1 Å². The second-order valence-corrected chi connectivity index (χ2v) is 3.82. The van der Waals surface area contributed by atoms with Gasteiger partial charge in [0.1, 0.15) is 0 Å². The van der Waals surface area contributed by atoms with Gasteiger partial charge < -0.3 is 10.5 Å². The van der Waals surface area contributed by atoms with E-state index in [0.717, 1.165) is 38.9 Å². The largest absolute Gasteiger partial charge is 0.381 e. The molecule has 0 amide bonds. The lowest BCUT2D eigenvalue weighted by molar-refractivity contribution is 0.182. The van der Waals surface area contributed by atoms with E-state index in [9.17, 15) is 0 Å². The number of rotatable bonds is 5. The maximum atomic E-state index is 5.97. The van der Waals surface area contributed by atoms with Gasteiger partial charge in [-0.2, -0.15) is 0 Å². The third kappa shape index (κ3) is 4.31. The molecule has 74 valence electrons. The number of hydrogen-bond donors (Lipinski definition) is 1. The first-order chi connectivity index (χ1) is 6.33. The molecular weight excluding hydrogens is 162 g/mol. The number of nitrogens with two attached hydrogens (primary N) is 1. The Morgan fingerprint density at radius 3 is 3.08 bits per heavy atom. The summed E-state index contributed by atoms with van der Waals surface area (Å²) >= 11 is 0. The molecule has 1 heterocycles. The molecule has 2 atom stereocenters. The Bertz CT molecular complexity index is 167. The standard InChI is InChI=1S/C11H19NO/c1-2-3-4-5-11(12)8-10-6-7-13-9-10/h1,10-11H,3-9,12H2. The fourth-order valence-electron chi connectivity index (χ4n) is 1.78. The summed E-state index contributed by atoms with van der Waals surface area (Å²) in [4.78, 5) is 0. The molecule has 0 spiro atoms. The molecule has 2 N–H and O–H groups in total. The van der Waals surface area contributed by atoms with Crippen LogP contribution >= 0.6 is 0 Å². The number of ether oxygens (including phenoxy) is 1. The van der Waals surface area contributed by atoms with Crippen molar-refractivity contribution in [2.24, 2.45) is 11.7 Å². The summed E-state index contributed by atoms with van der Waals surface area (Å²) in [6, 6.07) is 0.319. The predicted octanol–water partition coefficient (Wildman–Crippen LogP) is 1.54. The SMILES string of the molecule is C#CCCCC(N)CC1CCOC1. The summed E-state index contributed by atoms with van der Waals surface area (Å²) in [5, 5.41) is 0. The maximum Gasteiger partial charge on any atom is 0.0495 e. The van der Waals surface area contributed by atoms with Gasteiger partial charge in [0.15, 0.2) is 0 Å². The second kappa shape index (κ2) is 6.01. The molecule has 0 bridgehead atoms. The van der Waals surface area contributed by atoms with Crippen LogP contribution in [-0.2, 0) is 4.74 Å². The summed E-state index contributed by atoms with van der Waals surface area (Å²) in [6.45, 7) is 1.82. The van der Waals surface area contributed by atoms with Crippen molar-refractivity contribution in [1.82, 2.24) is 0 Å². The second-order valence-electron chi connectivity index (χ2n) is 3.82. The van der Waals surface area contributed by atoms with Crippen molar-refractivity contribution in [2.75, 3.05) is 13.2 Å². The molecule has 2 nitrogen and oxygen atoms in total. The normalized spacial score (nSPS) is 24.2. The molecule has 13 heavy (non-hydrogen) atoms. The van der Waals surface area contributed by atoms with E-state index in [1.807, 2.05) is 0 Å².